The van der Waals surface area contributed by atoms with Gasteiger partial charge in [0.25, 0.3) is 23.4 Å². The van der Waals surface area contributed by atoms with Crippen LogP contribution in [0, 0.1) is 33.8 Å². The number of carbonyl (C=O) groups excluding carboxylic acids is 3. The fraction of sp³-hybridized carbons (Fsp3) is 0.263. The molecule has 2 bridgehead atoms. The summed E-state index contributed by atoms with van der Waals surface area (Å²) in [7, 11) is 0. The zero-order valence-corrected chi connectivity index (χ0v) is 16.4. The number of amides is 3. The number of imide groups is 1. The molecule has 0 unspecified atom stereocenters. The average Bonchev–Trinajstić information content (AvgIpc) is 3.42. The van der Waals surface area contributed by atoms with Gasteiger partial charge in [0.15, 0.2) is 4.32 Å². The van der Waals surface area contributed by atoms with Gasteiger partial charge >= 0.3 is 0 Å². The Bertz CT molecular complexity index is 1030. The van der Waals surface area contributed by atoms with Crippen LogP contribution in [0.5, 0.6) is 0 Å². The van der Waals surface area contributed by atoms with E-state index >= 15 is 0 Å². The molecule has 0 aromatic heterocycles. The highest BCUT2D eigenvalue weighted by Crippen LogP contribution is 2.53. The van der Waals surface area contributed by atoms with Crippen molar-refractivity contribution in [3.63, 3.8) is 0 Å². The normalized spacial score (nSPS) is 31.5. The highest BCUT2D eigenvalue weighted by atomic mass is 32.2. The maximum atomic E-state index is 13.0. The number of thiocarbonyl (C=S) groups is 1. The number of hydrazine groups is 1. The number of nitro benzene ring substituents is 1. The third-order valence-corrected chi connectivity index (χ3v) is 7.10. The Kier molecular flexibility index (Phi) is 3.97. The van der Waals surface area contributed by atoms with E-state index in [0.717, 1.165) is 28.2 Å². The summed E-state index contributed by atoms with van der Waals surface area (Å²) < 4.78 is 0.116. The quantitative estimate of drug-likeness (QED) is 0.182. The van der Waals surface area contributed by atoms with Crippen LogP contribution in [0.3, 0.4) is 0 Å². The van der Waals surface area contributed by atoms with Crippen LogP contribution in [0.4, 0.5) is 5.69 Å². The third kappa shape index (κ3) is 2.59. The minimum Gasteiger partial charge on any atom is -0.272 e. The summed E-state index contributed by atoms with van der Waals surface area (Å²) in [5.74, 6) is -2.03. The largest absolute Gasteiger partial charge is 0.285 e. The number of nitro groups is 1. The minimum absolute atomic E-state index is 0.0421. The highest BCUT2D eigenvalue weighted by molar-refractivity contribution is 8.26. The predicted octanol–water partition coefficient (Wildman–Crippen LogP) is 2.52. The molecule has 0 spiro atoms. The molecule has 4 aliphatic rings. The SMILES string of the molecule is O=C1/C(=C/c2ccc([N+](=O)[O-])cc2)SC(=S)N1N1C(=O)[C@@H]2[C@@H](C1=O)[C@H]1C=C[C@@H]2C1. The molecule has 1 saturated carbocycles. The van der Waals surface area contributed by atoms with Crippen molar-refractivity contribution < 1.29 is 19.3 Å². The lowest BCUT2D eigenvalue weighted by molar-refractivity contribution is -0.384. The molecule has 1 aromatic rings. The molecule has 2 saturated heterocycles. The first kappa shape index (κ1) is 18.2. The Hall–Kier alpha value is -2.85. The lowest BCUT2D eigenvalue weighted by atomic mass is 9.85. The Labute approximate surface area is 174 Å². The van der Waals surface area contributed by atoms with E-state index in [-0.39, 0.29) is 38.6 Å². The van der Waals surface area contributed by atoms with Crippen LogP contribution in [0.1, 0.15) is 12.0 Å². The monoisotopic (exact) mass is 427 g/mol. The molecule has 5 rings (SSSR count). The van der Waals surface area contributed by atoms with E-state index in [4.69, 9.17) is 12.2 Å². The molecule has 3 fully saturated rings. The average molecular weight is 427 g/mol. The molecule has 8 nitrogen and oxygen atoms in total. The molecular formula is C19H13N3O5S2. The first-order chi connectivity index (χ1) is 13.9. The second kappa shape index (κ2) is 6.33. The van der Waals surface area contributed by atoms with Gasteiger partial charge in [0.2, 0.25) is 0 Å². The van der Waals surface area contributed by atoms with Crippen molar-refractivity contribution in [1.29, 1.82) is 0 Å². The topological polar surface area (TPSA) is 101 Å². The summed E-state index contributed by atoms with van der Waals surface area (Å²) >= 11 is 6.29. The predicted molar refractivity (Wildman–Crippen MR) is 108 cm³/mol. The minimum atomic E-state index is -0.541. The first-order valence-corrected chi connectivity index (χ1v) is 10.2. The first-order valence-electron chi connectivity index (χ1n) is 8.95. The summed E-state index contributed by atoms with van der Waals surface area (Å²) in [5.41, 5.74) is 0.520. The number of hydrogen-bond donors (Lipinski definition) is 0. The van der Waals surface area contributed by atoms with E-state index in [1.165, 1.54) is 24.3 Å². The maximum absolute atomic E-state index is 13.0. The molecule has 4 atom stereocenters. The van der Waals surface area contributed by atoms with Crippen LogP contribution in [-0.2, 0) is 14.4 Å². The summed E-state index contributed by atoms with van der Waals surface area (Å²) in [6, 6.07) is 5.71. The number of nitrogens with zero attached hydrogens (tertiary/aromatic N) is 3. The molecule has 10 heteroatoms. The van der Waals surface area contributed by atoms with Crippen molar-refractivity contribution >= 4 is 57.8 Å². The maximum Gasteiger partial charge on any atom is 0.285 e. The molecule has 1 aromatic carbocycles. The van der Waals surface area contributed by atoms with Crippen molar-refractivity contribution in [3.8, 4) is 0 Å². The standard InChI is InChI=1S/C19H13N3O5S2/c23-16-13(7-9-1-5-12(6-2-9)22(26)27)29-19(28)21(16)20-17(24)14-10-3-4-11(8-10)15(14)18(20)25/h1-7,10-11,14-15H,8H2/b13-7-/t10-,11+,14-,15-/m0/s1. The number of benzene rings is 1. The van der Waals surface area contributed by atoms with Gasteiger partial charge in [0, 0.05) is 12.1 Å². The van der Waals surface area contributed by atoms with Gasteiger partial charge < -0.3 is 0 Å². The van der Waals surface area contributed by atoms with Crippen LogP contribution in [0.2, 0.25) is 0 Å². The molecule has 2 aliphatic carbocycles. The second-order valence-corrected chi connectivity index (χ2v) is 9.01. The molecule has 2 heterocycles. The highest BCUT2D eigenvalue weighted by Gasteiger charge is 2.62. The number of allylic oxidation sites excluding steroid dienone is 2. The van der Waals surface area contributed by atoms with Gasteiger partial charge in [-0.3, -0.25) is 24.5 Å². The number of fused-ring (bicyclic) bond motifs is 5. The van der Waals surface area contributed by atoms with E-state index in [1.54, 1.807) is 6.08 Å². The molecule has 3 amide bonds. The van der Waals surface area contributed by atoms with Crippen LogP contribution in [-0.4, -0.2) is 37.0 Å². The van der Waals surface area contributed by atoms with E-state index in [2.05, 4.69) is 0 Å². The van der Waals surface area contributed by atoms with Gasteiger partial charge in [0.05, 0.1) is 21.7 Å². The second-order valence-electron chi connectivity index (χ2n) is 7.33. The number of thioether (sulfide) groups is 1. The van der Waals surface area contributed by atoms with E-state index < -0.39 is 22.7 Å². The Morgan fingerprint density at radius 1 is 1.03 bits per heavy atom. The molecule has 0 radical (unpaired) electrons. The molecule has 146 valence electrons. The lowest BCUT2D eigenvalue weighted by Crippen LogP contribution is -2.49. The molecule has 0 N–H and O–H groups in total. The molecule has 29 heavy (non-hydrogen) atoms. The number of hydrogen-bond acceptors (Lipinski definition) is 7. The number of carbonyl (C=O) groups is 3. The molecule has 2 aliphatic heterocycles. The van der Waals surface area contributed by atoms with Crippen LogP contribution < -0.4 is 0 Å². The van der Waals surface area contributed by atoms with Crippen LogP contribution in [0.25, 0.3) is 6.08 Å². The summed E-state index contributed by atoms with van der Waals surface area (Å²) in [5, 5.41) is 12.7. The summed E-state index contributed by atoms with van der Waals surface area (Å²) in [4.78, 5) is 49.4. The van der Waals surface area contributed by atoms with Crippen molar-refractivity contribution in [1.82, 2.24) is 10.0 Å². The molecular weight excluding hydrogens is 414 g/mol. The Morgan fingerprint density at radius 3 is 2.17 bits per heavy atom. The van der Waals surface area contributed by atoms with Crippen molar-refractivity contribution in [2.45, 2.75) is 6.42 Å². The Morgan fingerprint density at radius 2 is 1.62 bits per heavy atom. The summed E-state index contributed by atoms with van der Waals surface area (Å²) in [6.45, 7) is 0. The van der Waals surface area contributed by atoms with Crippen molar-refractivity contribution in [3.05, 3.63) is 57.0 Å². The number of rotatable bonds is 3. The van der Waals surface area contributed by atoms with Gasteiger partial charge in [-0.2, -0.15) is 10.0 Å². The van der Waals surface area contributed by atoms with Gasteiger partial charge in [-0.25, -0.2) is 0 Å². The van der Waals surface area contributed by atoms with Gasteiger partial charge in [-0.15, -0.1) is 0 Å². The van der Waals surface area contributed by atoms with Crippen molar-refractivity contribution in [2.24, 2.45) is 23.7 Å². The van der Waals surface area contributed by atoms with Gasteiger partial charge in [-0.05, 0) is 54.2 Å². The van der Waals surface area contributed by atoms with E-state index in [9.17, 15) is 24.5 Å². The van der Waals surface area contributed by atoms with Gasteiger partial charge in [0.1, 0.15) is 0 Å². The van der Waals surface area contributed by atoms with Crippen molar-refractivity contribution in [2.75, 3.05) is 0 Å². The summed E-state index contributed by atoms with van der Waals surface area (Å²) in [6.07, 6.45) is 6.32. The Balaban J connectivity index is 1.42. The van der Waals surface area contributed by atoms with E-state index in [1.807, 2.05) is 12.2 Å². The zero-order valence-electron chi connectivity index (χ0n) is 14.8. The zero-order chi connectivity index (χ0) is 20.4. The number of non-ortho nitro benzene ring substituents is 1. The van der Waals surface area contributed by atoms with E-state index in [0.29, 0.717) is 5.56 Å². The smallest absolute Gasteiger partial charge is 0.272 e. The lowest BCUT2D eigenvalue weighted by Gasteiger charge is -2.25. The van der Waals surface area contributed by atoms with Crippen LogP contribution in [0.15, 0.2) is 41.3 Å². The third-order valence-electron chi connectivity index (χ3n) is 5.82. The van der Waals surface area contributed by atoms with Crippen LogP contribution >= 0.6 is 24.0 Å². The van der Waals surface area contributed by atoms with Gasteiger partial charge in [-0.1, -0.05) is 23.9 Å². The fourth-order valence-electron chi connectivity index (χ4n) is 4.56. The fourth-order valence-corrected chi connectivity index (χ4v) is 5.80.